The molecule has 0 heterocycles. The van der Waals surface area contributed by atoms with E-state index in [4.69, 9.17) is 18.9 Å². The van der Waals surface area contributed by atoms with E-state index in [9.17, 15) is 9.59 Å². The summed E-state index contributed by atoms with van der Waals surface area (Å²) in [6, 6.07) is 11.4. The maximum atomic E-state index is 11.9. The number of esters is 1. The van der Waals surface area contributed by atoms with Crippen molar-refractivity contribution in [1.82, 2.24) is 0 Å². The molecular weight excluding hydrogens is 312 g/mol. The maximum absolute atomic E-state index is 11.9. The van der Waals surface area contributed by atoms with E-state index in [2.05, 4.69) is 0 Å². The second-order valence-corrected chi connectivity index (χ2v) is 4.86. The summed E-state index contributed by atoms with van der Waals surface area (Å²) in [6.07, 6.45) is 0. The van der Waals surface area contributed by atoms with Crippen LogP contribution in [-0.2, 0) is 4.79 Å². The Morgan fingerprint density at radius 3 is 2.12 bits per heavy atom. The van der Waals surface area contributed by atoms with Crippen molar-refractivity contribution in [2.75, 3.05) is 20.8 Å². The van der Waals surface area contributed by atoms with Crippen LogP contribution in [0.3, 0.4) is 0 Å². The van der Waals surface area contributed by atoms with E-state index < -0.39 is 5.97 Å². The Morgan fingerprint density at radius 2 is 1.54 bits per heavy atom. The number of carbonyl (C=O) groups is 2. The number of methoxy groups -OCH3 is 2. The average molecular weight is 330 g/mol. The predicted octanol–water partition coefficient (Wildman–Crippen LogP) is 2.89. The molecule has 2 rings (SSSR count). The number of Topliss-reactive ketones (excluding diaryl/α,β-unsaturated/α-hetero) is 1. The first-order valence-electron chi connectivity index (χ1n) is 7.20. The van der Waals surface area contributed by atoms with Crippen LogP contribution in [0.25, 0.3) is 0 Å². The third-order valence-electron chi connectivity index (χ3n) is 3.21. The normalized spacial score (nSPS) is 9.96. The number of carbonyl (C=O) groups excluding carboxylic acids is 2. The van der Waals surface area contributed by atoms with Crippen molar-refractivity contribution in [1.29, 1.82) is 0 Å². The average Bonchev–Trinajstić information content (AvgIpc) is 2.60. The van der Waals surface area contributed by atoms with Gasteiger partial charge in [0.25, 0.3) is 0 Å². The van der Waals surface area contributed by atoms with Gasteiger partial charge in [-0.3, -0.25) is 4.79 Å². The van der Waals surface area contributed by atoms with Crippen LogP contribution in [0, 0.1) is 0 Å². The number of benzene rings is 2. The Balaban J connectivity index is 1.97. The highest BCUT2D eigenvalue weighted by atomic mass is 16.6. The molecule has 24 heavy (non-hydrogen) atoms. The van der Waals surface area contributed by atoms with E-state index in [0.29, 0.717) is 22.8 Å². The molecule has 0 spiro atoms. The molecule has 0 aromatic heterocycles. The van der Waals surface area contributed by atoms with E-state index in [1.807, 2.05) is 0 Å². The highest BCUT2D eigenvalue weighted by Gasteiger charge is 2.13. The molecule has 2 aromatic carbocycles. The number of hydrogen-bond acceptors (Lipinski definition) is 6. The summed E-state index contributed by atoms with van der Waals surface area (Å²) >= 11 is 0. The molecule has 126 valence electrons. The second-order valence-electron chi connectivity index (χ2n) is 4.86. The van der Waals surface area contributed by atoms with Gasteiger partial charge in [0, 0.05) is 5.56 Å². The van der Waals surface area contributed by atoms with Crippen LogP contribution < -0.4 is 18.9 Å². The van der Waals surface area contributed by atoms with Gasteiger partial charge in [-0.1, -0.05) is 0 Å². The van der Waals surface area contributed by atoms with Crippen LogP contribution in [0.4, 0.5) is 0 Å². The minimum Gasteiger partial charge on any atom is -0.497 e. The van der Waals surface area contributed by atoms with Crippen LogP contribution >= 0.6 is 0 Å². The van der Waals surface area contributed by atoms with E-state index >= 15 is 0 Å². The Bertz CT molecular complexity index is 721. The molecule has 2 aromatic rings. The van der Waals surface area contributed by atoms with Gasteiger partial charge in [0.2, 0.25) is 0 Å². The van der Waals surface area contributed by atoms with Crippen molar-refractivity contribution < 1.29 is 28.5 Å². The zero-order valence-electron chi connectivity index (χ0n) is 13.7. The molecule has 0 amide bonds. The van der Waals surface area contributed by atoms with Crippen LogP contribution in [0.2, 0.25) is 0 Å². The van der Waals surface area contributed by atoms with Crippen molar-refractivity contribution in [2.45, 2.75) is 6.92 Å². The van der Waals surface area contributed by atoms with E-state index in [-0.39, 0.29) is 18.1 Å². The summed E-state index contributed by atoms with van der Waals surface area (Å²) in [5.41, 5.74) is 0.473. The summed E-state index contributed by atoms with van der Waals surface area (Å²) in [4.78, 5) is 23.3. The number of ketones is 1. The van der Waals surface area contributed by atoms with E-state index in [0.717, 1.165) is 0 Å². The summed E-state index contributed by atoms with van der Waals surface area (Å²) in [6.45, 7) is 1.19. The Hall–Kier alpha value is -3.02. The van der Waals surface area contributed by atoms with Gasteiger partial charge in [0.15, 0.2) is 23.9 Å². The lowest BCUT2D eigenvalue weighted by atomic mass is 10.1. The molecule has 0 fully saturated rings. The van der Waals surface area contributed by atoms with E-state index in [1.165, 1.54) is 26.2 Å². The lowest BCUT2D eigenvalue weighted by Crippen LogP contribution is -2.18. The minimum atomic E-state index is -0.584. The molecule has 0 unspecified atom stereocenters. The van der Waals surface area contributed by atoms with Gasteiger partial charge in [-0.05, 0) is 49.4 Å². The molecule has 6 nitrogen and oxygen atoms in total. The standard InChI is InChI=1S/C18H18O6/c1-12(19)13-4-9-16(17(10-13)22-3)24-18(20)11-23-15-7-5-14(21-2)6-8-15/h4-10H,11H2,1-3H3. The summed E-state index contributed by atoms with van der Waals surface area (Å²) in [5, 5.41) is 0. The molecular formula is C18H18O6. The monoisotopic (exact) mass is 330 g/mol. The molecule has 6 heteroatoms. The van der Waals surface area contributed by atoms with Crippen molar-refractivity contribution in [3.05, 3.63) is 48.0 Å². The summed E-state index contributed by atoms with van der Waals surface area (Å²) in [7, 11) is 3.00. The molecule has 0 aliphatic carbocycles. The first kappa shape index (κ1) is 17.3. The molecule has 0 saturated carbocycles. The fourth-order valence-electron chi connectivity index (χ4n) is 1.94. The maximum Gasteiger partial charge on any atom is 0.349 e. The third kappa shape index (κ3) is 4.49. The highest BCUT2D eigenvalue weighted by Crippen LogP contribution is 2.28. The van der Waals surface area contributed by atoms with Gasteiger partial charge < -0.3 is 18.9 Å². The van der Waals surface area contributed by atoms with Crippen LogP contribution in [0.15, 0.2) is 42.5 Å². The van der Waals surface area contributed by atoms with Gasteiger partial charge >= 0.3 is 5.97 Å². The van der Waals surface area contributed by atoms with Crippen molar-refractivity contribution in [2.24, 2.45) is 0 Å². The Morgan fingerprint density at radius 1 is 0.875 bits per heavy atom. The fourth-order valence-corrected chi connectivity index (χ4v) is 1.94. The van der Waals surface area contributed by atoms with Gasteiger partial charge in [-0.15, -0.1) is 0 Å². The van der Waals surface area contributed by atoms with Gasteiger partial charge in [-0.25, -0.2) is 4.79 Å². The van der Waals surface area contributed by atoms with Crippen molar-refractivity contribution in [3.8, 4) is 23.0 Å². The predicted molar refractivity (Wildman–Crippen MR) is 87.1 cm³/mol. The van der Waals surface area contributed by atoms with Crippen LogP contribution in [0.5, 0.6) is 23.0 Å². The largest absolute Gasteiger partial charge is 0.497 e. The highest BCUT2D eigenvalue weighted by molar-refractivity contribution is 5.94. The first-order valence-corrected chi connectivity index (χ1v) is 7.20. The van der Waals surface area contributed by atoms with Gasteiger partial charge in [0.05, 0.1) is 14.2 Å². The molecule has 0 radical (unpaired) electrons. The van der Waals surface area contributed by atoms with Crippen LogP contribution in [-0.4, -0.2) is 32.6 Å². The molecule has 0 saturated heterocycles. The molecule has 0 aliphatic heterocycles. The van der Waals surface area contributed by atoms with E-state index in [1.54, 1.807) is 37.4 Å². The smallest absolute Gasteiger partial charge is 0.349 e. The zero-order valence-corrected chi connectivity index (χ0v) is 13.7. The third-order valence-corrected chi connectivity index (χ3v) is 3.21. The Kier molecular flexibility index (Phi) is 5.78. The Labute approximate surface area is 139 Å². The van der Waals surface area contributed by atoms with Crippen molar-refractivity contribution in [3.63, 3.8) is 0 Å². The lowest BCUT2D eigenvalue weighted by Gasteiger charge is -2.11. The van der Waals surface area contributed by atoms with Gasteiger partial charge in [-0.2, -0.15) is 0 Å². The quantitative estimate of drug-likeness (QED) is 0.442. The molecule has 0 bridgehead atoms. The van der Waals surface area contributed by atoms with Gasteiger partial charge in [0.1, 0.15) is 11.5 Å². The second kappa shape index (κ2) is 8.01. The summed E-state index contributed by atoms with van der Waals surface area (Å²) in [5.74, 6) is 1.06. The SMILES string of the molecule is COc1ccc(OCC(=O)Oc2ccc(C(C)=O)cc2OC)cc1. The number of ether oxygens (including phenoxy) is 4. The van der Waals surface area contributed by atoms with Crippen molar-refractivity contribution >= 4 is 11.8 Å². The minimum absolute atomic E-state index is 0.103. The summed E-state index contributed by atoms with van der Waals surface area (Å²) < 4.78 is 20.7. The molecule has 0 aliphatic rings. The molecule has 0 N–H and O–H groups in total. The lowest BCUT2D eigenvalue weighted by molar-refractivity contribution is -0.136. The first-order chi connectivity index (χ1) is 11.5. The van der Waals surface area contributed by atoms with Crippen LogP contribution in [0.1, 0.15) is 17.3 Å². The number of hydrogen-bond donors (Lipinski definition) is 0. The number of rotatable bonds is 7. The topological polar surface area (TPSA) is 71.1 Å². The fraction of sp³-hybridized carbons (Fsp3) is 0.222. The zero-order chi connectivity index (χ0) is 17.5. The molecule has 0 atom stereocenters.